The monoisotopic (exact) mass is 280 g/mol. The summed E-state index contributed by atoms with van der Waals surface area (Å²) >= 11 is 0. The Morgan fingerprint density at radius 2 is 1.90 bits per heavy atom. The minimum absolute atomic E-state index is 0.225. The number of aliphatic hydroxyl groups is 1. The third kappa shape index (κ3) is 3.79. The van der Waals surface area contributed by atoms with Gasteiger partial charge < -0.3 is 20.4 Å². The Hall–Kier alpha value is -2.41. The molecule has 7 nitrogen and oxygen atoms in total. The number of hydrogen-bond donors (Lipinski definition) is 3. The zero-order valence-electron chi connectivity index (χ0n) is 11.2. The van der Waals surface area contributed by atoms with Gasteiger partial charge in [0.1, 0.15) is 0 Å². The molecule has 0 saturated heterocycles. The summed E-state index contributed by atoms with van der Waals surface area (Å²) in [6, 6.07) is 6.42. The fourth-order valence-corrected chi connectivity index (χ4v) is 1.50. The van der Waals surface area contributed by atoms with Crippen LogP contribution in [-0.2, 0) is 9.59 Å². The molecular formula is C13H16N2O5. The number of carboxylic acids is 1. The summed E-state index contributed by atoms with van der Waals surface area (Å²) in [6.45, 7) is 0.954. The van der Waals surface area contributed by atoms with E-state index in [0.717, 1.165) is 0 Å². The van der Waals surface area contributed by atoms with Gasteiger partial charge in [0.05, 0.1) is 17.8 Å². The number of anilines is 1. The fraction of sp³-hybridized carbons (Fsp3) is 0.308. The topological polar surface area (TPSA) is 107 Å². The van der Waals surface area contributed by atoms with Crippen LogP contribution in [0.15, 0.2) is 24.3 Å². The molecule has 1 atom stereocenters. The average molecular weight is 280 g/mol. The van der Waals surface area contributed by atoms with Crippen molar-refractivity contribution in [3.05, 3.63) is 29.8 Å². The van der Waals surface area contributed by atoms with Crippen LogP contribution in [0.25, 0.3) is 0 Å². The van der Waals surface area contributed by atoms with E-state index in [-0.39, 0.29) is 11.5 Å². The summed E-state index contributed by atoms with van der Waals surface area (Å²) < 4.78 is 0. The number of benzene rings is 1. The van der Waals surface area contributed by atoms with Gasteiger partial charge in [0.2, 0.25) is 5.91 Å². The number of nitrogens with zero attached hydrogens (tertiary/aromatic N) is 1. The van der Waals surface area contributed by atoms with Crippen molar-refractivity contribution in [2.45, 2.75) is 13.0 Å². The lowest BCUT2D eigenvalue weighted by atomic mass is 10.1. The first-order valence-electron chi connectivity index (χ1n) is 5.87. The van der Waals surface area contributed by atoms with Crippen LogP contribution in [0.1, 0.15) is 17.3 Å². The molecule has 0 aliphatic carbocycles. The second-order valence-corrected chi connectivity index (χ2v) is 4.16. The van der Waals surface area contributed by atoms with Crippen LogP contribution in [0.4, 0.5) is 5.69 Å². The second-order valence-electron chi connectivity index (χ2n) is 4.16. The first-order chi connectivity index (χ1) is 9.34. The van der Waals surface area contributed by atoms with Crippen molar-refractivity contribution < 1.29 is 24.6 Å². The van der Waals surface area contributed by atoms with Crippen molar-refractivity contribution in [2.75, 3.05) is 18.5 Å². The van der Waals surface area contributed by atoms with Gasteiger partial charge in [-0.3, -0.25) is 9.59 Å². The van der Waals surface area contributed by atoms with Crippen molar-refractivity contribution in [3.8, 4) is 0 Å². The Kier molecular flexibility index (Phi) is 5.22. The molecule has 108 valence electrons. The highest BCUT2D eigenvalue weighted by atomic mass is 16.4. The van der Waals surface area contributed by atoms with Crippen molar-refractivity contribution >= 4 is 23.5 Å². The molecule has 0 spiro atoms. The Morgan fingerprint density at radius 1 is 1.30 bits per heavy atom. The standard InChI is InChI=1S/C13H16N2O5/c1-8(16)15(2)10-6-4-3-5-9(10)12(18)14-7-11(17)13(19)20/h3-6,11,17H,7H2,1-2H3,(H,14,18)(H,19,20). The smallest absolute Gasteiger partial charge is 0.334 e. The zero-order valence-corrected chi connectivity index (χ0v) is 11.2. The van der Waals surface area contributed by atoms with Crippen molar-refractivity contribution in [1.29, 1.82) is 0 Å². The Bertz CT molecular complexity index is 529. The van der Waals surface area contributed by atoms with Gasteiger partial charge in [-0.1, -0.05) is 12.1 Å². The molecule has 0 heterocycles. The summed E-state index contributed by atoms with van der Waals surface area (Å²) in [5.74, 6) is -2.22. The van der Waals surface area contributed by atoms with Crippen LogP contribution in [0.2, 0.25) is 0 Å². The summed E-state index contributed by atoms with van der Waals surface area (Å²) in [4.78, 5) is 35.1. The fourth-order valence-electron chi connectivity index (χ4n) is 1.50. The number of hydrogen-bond acceptors (Lipinski definition) is 4. The Morgan fingerprint density at radius 3 is 2.45 bits per heavy atom. The molecule has 0 bridgehead atoms. The molecule has 0 aliphatic rings. The number of carbonyl (C=O) groups excluding carboxylic acids is 2. The van der Waals surface area contributed by atoms with E-state index in [2.05, 4.69) is 5.32 Å². The largest absolute Gasteiger partial charge is 0.479 e. The van der Waals surface area contributed by atoms with Crippen LogP contribution in [0.3, 0.4) is 0 Å². The maximum atomic E-state index is 12.0. The van der Waals surface area contributed by atoms with Gasteiger partial charge in [-0.15, -0.1) is 0 Å². The predicted octanol–water partition coefficient (Wildman–Crippen LogP) is -0.155. The second kappa shape index (κ2) is 6.67. The minimum Gasteiger partial charge on any atom is -0.479 e. The molecule has 1 rings (SSSR count). The third-order valence-corrected chi connectivity index (χ3v) is 2.72. The number of amides is 2. The number of para-hydroxylation sites is 1. The lowest BCUT2D eigenvalue weighted by Crippen LogP contribution is -2.37. The molecule has 0 radical (unpaired) electrons. The minimum atomic E-state index is -1.67. The predicted molar refractivity (Wildman–Crippen MR) is 71.5 cm³/mol. The lowest BCUT2D eigenvalue weighted by Gasteiger charge is -2.18. The van der Waals surface area contributed by atoms with E-state index < -0.39 is 24.5 Å². The van der Waals surface area contributed by atoms with E-state index in [1.54, 1.807) is 18.2 Å². The molecule has 1 unspecified atom stereocenters. The van der Waals surface area contributed by atoms with Crippen LogP contribution in [-0.4, -0.2) is 47.7 Å². The Balaban J connectivity index is 2.88. The molecule has 20 heavy (non-hydrogen) atoms. The van der Waals surface area contributed by atoms with E-state index in [4.69, 9.17) is 10.2 Å². The van der Waals surface area contributed by atoms with Crippen LogP contribution < -0.4 is 10.2 Å². The number of carbonyl (C=O) groups is 3. The summed E-state index contributed by atoms with van der Waals surface area (Å²) in [7, 11) is 1.53. The molecule has 3 N–H and O–H groups in total. The molecule has 1 aromatic carbocycles. The van der Waals surface area contributed by atoms with Gasteiger partial charge in [0, 0.05) is 14.0 Å². The maximum Gasteiger partial charge on any atom is 0.334 e. The highest BCUT2D eigenvalue weighted by Gasteiger charge is 2.18. The average Bonchev–Trinajstić information content (AvgIpc) is 2.43. The zero-order chi connectivity index (χ0) is 15.3. The number of aliphatic hydroxyl groups excluding tert-OH is 1. The number of carboxylic acid groups (broad SMARTS) is 1. The van der Waals surface area contributed by atoms with E-state index in [0.29, 0.717) is 5.69 Å². The van der Waals surface area contributed by atoms with E-state index in [9.17, 15) is 14.4 Å². The van der Waals surface area contributed by atoms with E-state index in [1.807, 2.05) is 0 Å². The lowest BCUT2D eigenvalue weighted by molar-refractivity contribution is -0.146. The highest BCUT2D eigenvalue weighted by molar-refractivity contribution is 6.04. The number of nitrogens with one attached hydrogen (secondary N) is 1. The van der Waals surface area contributed by atoms with Crippen molar-refractivity contribution in [2.24, 2.45) is 0 Å². The molecule has 0 aromatic heterocycles. The highest BCUT2D eigenvalue weighted by Crippen LogP contribution is 2.19. The van der Waals surface area contributed by atoms with Gasteiger partial charge in [0.25, 0.3) is 5.91 Å². The van der Waals surface area contributed by atoms with Crippen molar-refractivity contribution in [3.63, 3.8) is 0 Å². The third-order valence-electron chi connectivity index (χ3n) is 2.72. The molecule has 2 amide bonds. The quantitative estimate of drug-likeness (QED) is 0.695. The van der Waals surface area contributed by atoms with E-state index in [1.165, 1.54) is 24.9 Å². The van der Waals surface area contributed by atoms with Crippen molar-refractivity contribution in [1.82, 2.24) is 5.32 Å². The maximum absolute atomic E-state index is 12.0. The van der Waals surface area contributed by atoms with E-state index >= 15 is 0 Å². The van der Waals surface area contributed by atoms with Gasteiger partial charge in [0.15, 0.2) is 6.10 Å². The molecular weight excluding hydrogens is 264 g/mol. The molecule has 0 aliphatic heterocycles. The normalized spacial score (nSPS) is 11.6. The first kappa shape index (κ1) is 15.6. The Labute approximate surface area is 115 Å². The summed E-state index contributed by atoms with van der Waals surface area (Å²) in [5, 5.41) is 19.9. The van der Waals surface area contributed by atoms with Gasteiger partial charge in [-0.2, -0.15) is 0 Å². The first-order valence-corrected chi connectivity index (χ1v) is 5.87. The SMILES string of the molecule is CC(=O)N(C)c1ccccc1C(=O)NCC(O)C(=O)O. The summed E-state index contributed by atoms with van der Waals surface area (Å²) in [5.41, 5.74) is 0.630. The molecule has 1 aromatic rings. The van der Waals surface area contributed by atoms with Crippen LogP contribution in [0.5, 0.6) is 0 Å². The van der Waals surface area contributed by atoms with Crippen LogP contribution >= 0.6 is 0 Å². The van der Waals surface area contributed by atoms with Crippen LogP contribution in [0, 0.1) is 0 Å². The van der Waals surface area contributed by atoms with Gasteiger partial charge >= 0.3 is 5.97 Å². The molecule has 0 saturated carbocycles. The summed E-state index contributed by atoms with van der Waals surface area (Å²) in [6.07, 6.45) is -1.67. The number of rotatable bonds is 5. The van der Waals surface area contributed by atoms with Gasteiger partial charge in [-0.05, 0) is 12.1 Å². The molecule has 0 fully saturated rings. The molecule has 7 heteroatoms. The van der Waals surface area contributed by atoms with Gasteiger partial charge in [-0.25, -0.2) is 4.79 Å². The number of aliphatic carboxylic acids is 1.